The predicted octanol–water partition coefficient (Wildman–Crippen LogP) is 2.10. The lowest BCUT2D eigenvalue weighted by molar-refractivity contribution is 0.152. The Morgan fingerprint density at radius 2 is 2.00 bits per heavy atom. The molecule has 2 nitrogen and oxygen atoms in total. The van der Waals surface area contributed by atoms with Crippen molar-refractivity contribution in [3.8, 4) is 0 Å². The number of aliphatic hydroxyl groups is 1. The van der Waals surface area contributed by atoms with Crippen LogP contribution in [0, 0.1) is 5.92 Å². The van der Waals surface area contributed by atoms with E-state index >= 15 is 0 Å². The highest BCUT2D eigenvalue weighted by molar-refractivity contribution is 4.90. The molecule has 1 aliphatic heterocycles. The van der Waals surface area contributed by atoms with E-state index < -0.39 is 0 Å². The largest absolute Gasteiger partial charge is 0.391 e. The Morgan fingerprint density at radius 1 is 1.31 bits per heavy atom. The summed E-state index contributed by atoms with van der Waals surface area (Å²) in [5, 5.41) is 9.27. The van der Waals surface area contributed by atoms with E-state index in [4.69, 9.17) is 4.74 Å². The number of aliphatic hydroxyl groups excluding tert-OH is 1. The molecule has 76 valence electrons. The van der Waals surface area contributed by atoms with Gasteiger partial charge in [-0.15, -0.1) is 0 Å². The third-order valence-electron chi connectivity index (χ3n) is 3.39. The molecule has 2 fully saturated rings. The van der Waals surface area contributed by atoms with Crippen molar-refractivity contribution in [2.24, 2.45) is 5.92 Å². The Kier molecular flexibility index (Phi) is 2.89. The second-order valence-corrected chi connectivity index (χ2v) is 4.62. The molecule has 1 saturated heterocycles. The third kappa shape index (κ3) is 2.44. The molecular weight excluding hydrogens is 164 g/mol. The fourth-order valence-electron chi connectivity index (χ4n) is 2.52. The summed E-state index contributed by atoms with van der Waals surface area (Å²) in [6.45, 7) is 1.82. The Balaban J connectivity index is 1.68. The highest BCUT2D eigenvalue weighted by Gasteiger charge is 2.43. The highest BCUT2D eigenvalue weighted by atomic mass is 16.6. The predicted molar refractivity (Wildman–Crippen MR) is 51.5 cm³/mol. The fourth-order valence-corrected chi connectivity index (χ4v) is 2.52. The standard InChI is InChI=1S/C11H20O2/c1-8(12)11-10(13-11)7-9-5-3-2-4-6-9/h8-12H,2-7H2,1H3/t8-,10-,11-/m1/s1. The van der Waals surface area contributed by atoms with Crippen molar-refractivity contribution in [1.82, 2.24) is 0 Å². The first-order chi connectivity index (χ1) is 6.27. The molecule has 0 bridgehead atoms. The molecule has 0 spiro atoms. The molecule has 2 heteroatoms. The van der Waals surface area contributed by atoms with E-state index in [9.17, 15) is 5.11 Å². The average molecular weight is 184 g/mol. The van der Waals surface area contributed by atoms with Gasteiger partial charge in [-0.3, -0.25) is 0 Å². The van der Waals surface area contributed by atoms with Crippen LogP contribution in [0.25, 0.3) is 0 Å². The summed E-state index contributed by atoms with van der Waals surface area (Å²) in [5.74, 6) is 0.877. The Bertz CT molecular complexity index is 161. The van der Waals surface area contributed by atoms with Crippen LogP contribution in [0.4, 0.5) is 0 Å². The lowest BCUT2D eigenvalue weighted by atomic mass is 9.85. The van der Waals surface area contributed by atoms with Gasteiger partial charge in [0.1, 0.15) is 6.10 Å². The molecule has 1 heterocycles. The van der Waals surface area contributed by atoms with E-state index in [1.807, 2.05) is 6.92 Å². The summed E-state index contributed by atoms with van der Waals surface area (Å²) in [4.78, 5) is 0. The van der Waals surface area contributed by atoms with Gasteiger partial charge < -0.3 is 9.84 Å². The van der Waals surface area contributed by atoms with Gasteiger partial charge in [-0.2, -0.15) is 0 Å². The summed E-state index contributed by atoms with van der Waals surface area (Å²) in [7, 11) is 0. The zero-order valence-corrected chi connectivity index (χ0v) is 8.41. The molecule has 0 aromatic carbocycles. The summed E-state index contributed by atoms with van der Waals surface area (Å²) in [6.07, 6.45) is 8.43. The van der Waals surface area contributed by atoms with Crippen molar-refractivity contribution in [2.75, 3.05) is 0 Å². The second kappa shape index (κ2) is 3.97. The van der Waals surface area contributed by atoms with E-state index in [1.54, 1.807) is 0 Å². The molecule has 0 radical (unpaired) electrons. The van der Waals surface area contributed by atoms with Gasteiger partial charge in [0, 0.05) is 0 Å². The van der Waals surface area contributed by atoms with Crippen molar-refractivity contribution < 1.29 is 9.84 Å². The minimum atomic E-state index is -0.270. The highest BCUT2D eigenvalue weighted by Crippen LogP contribution is 2.36. The Morgan fingerprint density at radius 3 is 2.54 bits per heavy atom. The first kappa shape index (κ1) is 9.47. The minimum Gasteiger partial charge on any atom is -0.391 e. The normalized spacial score (nSPS) is 37.4. The van der Waals surface area contributed by atoms with E-state index in [0.717, 1.165) is 5.92 Å². The molecular formula is C11H20O2. The molecule has 13 heavy (non-hydrogen) atoms. The van der Waals surface area contributed by atoms with Crippen molar-refractivity contribution in [1.29, 1.82) is 0 Å². The van der Waals surface area contributed by atoms with Gasteiger partial charge in [0.05, 0.1) is 12.2 Å². The van der Waals surface area contributed by atoms with Crippen LogP contribution < -0.4 is 0 Å². The number of hydrogen-bond acceptors (Lipinski definition) is 2. The molecule has 0 unspecified atom stereocenters. The molecule has 3 atom stereocenters. The number of rotatable bonds is 3. The zero-order valence-electron chi connectivity index (χ0n) is 8.41. The fraction of sp³-hybridized carbons (Fsp3) is 1.00. The van der Waals surface area contributed by atoms with Crippen LogP contribution in [0.5, 0.6) is 0 Å². The summed E-state index contributed by atoms with van der Waals surface area (Å²) in [5.41, 5.74) is 0. The number of epoxide rings is 1. The Labute approximate surface area is 80.3 Å². The number of ether oxygens (including phenoxy) is 1. The van der Waals surface area contributed by atoms with Crippen LogP contribution in [0.15, 0.2) is 0 Å². The topological polar surface area (TPSA) is 32.8 Å². The molecule has 1 aliphatic carbocycles. The molecule has 2 rings (SSSR count). The van der Waals surface area contributed by atoms with E-state index in [2.05, 4.69) is 0 Å². The monoisotopic (exact) mass is 184 g/mol. The maximum atomic E-state index is 9.27. The molecule has 0 aromatic rings. The van der Waals surface area contributed by atoms with Gasteiger partial charge in [0.25, 0.3) is 0 Å². The van der Waals surface area contributed by atoms with Crippen LogP contribution in [-0.4, -0.2) is 23.4 Å². The molecule has 1 N–H and O–H groups in total. The summed E-state index contributed by atoms with van der Waals surface area (Å²) in [6, 6.07) is 0. The van der Waals surface area contributed by atoms with Gasteiger partial charge in [-0.05, 0) is 19.3 Å². The lowest BCUT2D eigenvalue weighted by Gasteiger charge is -2.20. The van der Waals surface area contributed by atoms with Gasteiger partial charge in [-0.1, -0.05) is 32.1 Å². The maximum Gasteiger partial charge on any atom is 0.110 e. The number of hydrogen-bond donors (Lipinski definition) is 1. The molecule has 2 aliphatic rings. The summed E-state index contributed by atoms with van der Waals surface area (Å²) < 4.78 is 5.43. The van der Waals surface area contributed by atoms with E-state index in [1.165, 1.54) is 38.5 Å². The van der Waals surface area contributed by atoms with Crippen LogP contribution in [0.1, 0.15) is 45.4 Å². The third-order valence-corrected chi connectivity index (χ3v) is 3.39. The zero-order chi connectivity index (χ0) is 9.26. The lowest BCUT2D eigenvalue weighted by Crippen LogP contribution is -2.15. The Hall–Kier alpha value is -0.0800. The van der Waals surface area contributed by atoms with Crippen molar-refractivity contribution >= 4 is 0 Å². The minimum absolute atomic E-state index is 0.155. The molecule has 0 aromatic heterocycles. The van der Waals surface area contributed by atoms with Crippen LogP contribution in [0.3, 0.4) is 0 Å². The maximum absolute atomic E-state index is 9.27. The smallest absolute Gasteiger partial charge is 0.110 e. The summed E-state index contributed by atoms with van der Waals surface area (Å²) >= 11 is 0. The van der Waals surface area contributed by atoms with Crippen molar-refractivity contribution in [3.05, 3.63) is 0 Å². The van der Waals surface area contributed by atoms with Gasteiger partial charge in [0.15, 0.2) is 0 Å². The molecule has 1 saturated carbocycles. The van der Waals surface area contributed by atoms with Gasteiger partial charge >= 0.3 is 0 Å². The van der Waals surface area contributed by atoms with Gasteiger partial charge in [0.2, 0.25) is 0 Å². The van der Waals surface area contributed by atoms with Crippen molar-refractivity contribution in [3.63, 3.8) is 0 Å². The van der Waals surface area contributed by atoms with Crippen LogP contribution in [-0.2, 0) is 4.74 Å². The second-order valence-electron chi connectivity index (χ2n) is 4.62. The van der Waals surface area contributed by atoms with Crippen LogP contribution >= 0.6 is 0 Å². The van der Waals surface area contributed by atoms with Gasteiger partial charge in [-0.25, -0.2) is 0 Å². The van der Waals surface area contributed by atoms with Crippen molar-refractivity contribution in [2.45, 2.75) is 63.8 Å². The van der Waals surface area contributed by atoms with E-state index in [-0.39, 0.29) is 12.2 Å². The first-order valence-corrected chi connectivity index (χ1v) is 5.61. The SMILES string of the molecule is C[C@@H](O)[C@H]1O[C@@H]1CC1CCCCC1. The quantitative estimate of drug-likeness (QED) is 0.681. The molecule has 0 amide bonds. The van der Waals surface area contributed by atoms with Crippen LogP contribution in [0.2, 0.25) is 0 Å². The van der Waals surface area contributed by atoms with E-state index in [0.29, 0.717) is 6.10 Å². The average Bonchev–Trinajstić information content (AvgIpc) is 2.86. The first-order valence-electron chi connectivity index (χ1n) is 5.61.